The Bertz CT molecular complexity index is 1520. The van der Waals surface area contributed by atoms with Gasteiger partial charge in [0.05, 0.1) is 18.6 Å². The first-order valence-corrected chi connectivity index (χ1v) is 18.9. The van der Waals surface area contributed by atoms with Crippen LogP contribution in [0.4, 0.5) is 0 Å². The fourth-order valence-electron chi connectivity index (χ4n) is 6.15. The first kappa shape index (κ1) is 41.2. The Balaban J connectivity index is 1.77. The number of hydrogen-bond donors (Lipinski definition) is 5. The Kier molecular flexibility index (Phi) is 17.7. The zero-order chi connectivity index (χ0) is 37.2. The molecule has 5 N–H and O–H groups in total. The van der Waals surface area contributed by atoms with Crippen molar-refractivity contribution in [3.63, 3.8) is 0 Å². The van der Waals surface area contributed by atoms with Crippen LogP contribution >= 0.6 is 0 Å². The summed E-state index contributed by atoms with van der Waals surface area (Å²) >= 11 is 0. The minimum Gasteiger partial charge on any atom is -0.390 e. The second-order valence-corrected chi connectivity index (χ2v) is 14.3. The molecule has 0 saturated carbocycles. The summed E-state index contributed by atoms with van der Waals surface area (Å²) in [6.07, 6.45) is 3.94. The maximum Gasteiger partial charge on any atom is 0.243 e. The molecule has 0 aliphatic heterocycles. The fraction of sp³-hybridized carbons (Fsp3) is 0.524. The van der Waals surface area contributed by atoms with E-state index in [9.17, 15) is 24.3 Å². The Morgan fingerprint density at radius 2 is 1.43 bits per heavy atom. The van der Waals surface area contributed by atoms with Gasteiger partial charge in [-0.2, -0.15) is 0 Å². The Hall–Kier alpha value is -4.24. The van der Waals surface area contributed by atoms with Gasteiger partial charge in [0.15, 0.2) is 0 Å². The van der Waals surface area contributed by atoms with Gasteiger partial charge in [-0.05, 0) is 59.4 Å². The number of aryl methyl sites for hydroxylation is 1. The van der Waals surface area contributed by atoms with E-state index in [2.05, 4.69) is 28.2 Å². The molecule has 0 radical (unpaired) electrons. The van der Waals surface area contributed by atoms with Crippen molar-refractivity contribution in [2.45, 2.75) is 123 Å². The van der Waals surface area contributed by atoms with Crippen molar-refractivity contribution < 1.29 is 24.3 Å². The van der Waals surface area contributed by atoms with Crippen molar-refractivity contribution in [1.29, 1.82) is 0 Å². The standard InChI is InChI=1S/C42H60N4O5/c1-6-8-23-35(41(50)46-36(25-29(3)4)38(47)27-40(49)43-28-30(5)7-2)45-42(51)37(26-33-21-15-20-32-19-12-13-22-34(32)33)44-39(48)24-14-18-31-16-10-9-11-17-31/h9-13,15-17,19-22,29-30,35-38,47H,6-8,14,18,23-28H2,1-5H3,(H,43,49)(H,44,48)(H,45,51)(H,46,50)/t30?,35-,36-,37-,38-/m0/s1. The number of fused-ring (bicyclic) bond motifs is 1. The van der Waals surface area contributed by atoms with Gasteiger partial charge < -0.3 is 26.4 Å². The summed E-state index contributed by atoms with van der Waals surface area (Å²) in [6.45, 7) is 10.6. The normalized spacial score (nSPS) is 14.3. The molecule has 0 aromatic heterocycles. The Labute approximate surface area is 304 Å². The lowest BCUT2D eigenvalue weighted by molar-refractivity contribution is -0.133. The van der Waals surface area contributed by atoms with Crippen LogP contribution in [0.5, 0.6) is 0 Å². The van der Waals surface area contributed by atoms with E-state index >= 15 is 0 Å². The van der Waals surface area contributed by atoms with Crippen LogP contribution in [-0.4, -0.2) is 59.5 Å². The van der Waals surface area contributed by atoms with Crippen molar-refractivity contribution in [2.24, 2.45) is 11.8 Å². The highest BCUT2D eigenvalue weighted by molar-refractivity contribution is 5.93. The van der Waals surface area contributed by atoms with Crippen molar-refractivity contribution in [2.75, 3.05) is 6.54 Å². The minimum absolute atomic E-state index is 0.135. The van der Waals surface area contributed by atoms with E-state index in [0.717, 1.165) is 41.2 Å². The number of nitrogens with one attached hydrogen (secondary N) is 4. The first-order valence-electron chi connectivity index (χ1n) is 18.9. The van der Waals surface area contributed by atoms with Gasteiger partial charge in [-0.15, -0.1) is 0 Å². The van der Waals surface area contributed by atoms with Gasteiger partial charge in [0, 0.05) is 19.4 Å². The zero-order valence-electron chi connectivity index (χ0n) is 31.3. The molecule has 278 valence electrons. The van der Waals surface area contributed by atoms with Crippen molar-refractivity contribution in [1.82, 2.24) is 21.3 Å². The van der Waals surface area contributed by atoms with Crippen LogP contribution in [0.3, 0.4) is 0 Å². The lowest BCUT2D eigenvalue weighted by atomic mass is 9.96. The molecule has 0 heterocycles. The minimum atomic E-state index is -1.09. The Morgan fingerprint density at radius 3 is 2.14 bits per heavy atom. The highest BCUT2D eigenvalue weighted by atomic mass is 16.3. The number of rotatable bonds is 22. The number of aliphatic hydroxyl groups excluding tert-OH is 1. The van der Waals surface area contributed by atoms with Crippen LogP contribution in [0.1, 0.15) is 97.1 Å². The SMILES string of the molecule is CCCC[C@H](NC(=O)[C@H](Cc1cccc2ccccc12)NC(=O)CCCc1ccccc1)C(=O)N[C@@H](CC(C)C)[C@@H](O)CC(=O)NCC(C)CC. The van der Waals surface area contributed by atoms with Gasteiger partial charge in [-0.25, -0.2) is 0 Å². The molecule has 9 nitrogen and oxygen atoms in total. The van der Waals surface area contributed by atoms with Crippen LogP contribution in [0.15, 0.2) is 72.8 Å². The number of benzene rings is 3. The number of aliphatic hydroxyl groups is 1. The van der Waals surface area contributed by atoms with Gasteiger partial charge >= 0.3 is 0 Å². The third kappa shape index (κ3) is 14.5. The summed E-state index contributed by atoms with van der Waals surface area (Å²) in [4.78, 5) is 53.8. The van der Waals surface area contributed by atoms with E-state index in [1.807, 2.05) is 100 Å². The maximum absolute atomic E-state index is 14.1. The number of carbonyl (C=O) groups is 4. The number of amides is 4. The molecule has 5 atom stereocenters. The highest BCUT2D eigenvalue weighted by Crippen LogP contribution is 2.20. The van der Waals surface area contributed by atoms with Crippen molar-refractivity contribution in [3.8, 4) is 0 Å². The molecule has 3 aromatic carbocycles. The van der Waals surface area contributed by atoms with Gasteiger partial charge in [-0.3, -0.25) is 19.2 Å². The molecular formula is C42H60N4O5. The molecule has 3 rings (SSSR count). The average Bonchev–Trinajstić information content (AvgIpc) is 3.11. The van der Waals surface area contributed by atoms with Crippen LogP contribution < -0.4 is 21.3 Å². The van der Waals surface area contributed by atoms with Crippen molar-refractivity contribution >= 4 is 34.4 Å². The summed E-state index contributed by atoms with van der Waals surface area (Å²) in [5.41, 5.74) is 2.06. The second-order valence-electron chi connectivity index (χ2n) is 14.3. The van der Waals surface area contributed by atoms with Gasteiger partial charge in [0.25, 0.3) is 0 Å². The van der Waals surface area contributed by atoms with E-state index in [-0.39, 0.29) is 37.0 Å². The molecule has 0 bridgehead atoms. The summed E-state index contributed by atoms with van der Waals surface area (Å²) in [5.74, 6) is -0.895. The number of hydrogen-bond acceptors (Lipinski definition) is 5. The second kappa shape index (κ2) is 21.9. The largest absolute Gasteiger partial charge is 0.390 e. The van der Waals surface area contributed by atoms with Gasteiger partial charge in [0.2, 0.25) is 23.6 Å². The van der Waals surface area contributed by atoms with Gasteiger partial charge in [0.1, 0.15) is 12.1 Å². The molecule has 1 unspecified atom stereocenters. The lowest BCUT2D eigenvalue weighted by Gasteiger charge is -2.29. The molecule has 51 heavy (non-hydrogen) atoms. The predicted octanol–water partition coefficient (Wildman–Crippen LogP) is 6.01. The van der Waals surface area contributed by atoms with E-state index < -0.39 is 36.0 Å². The van der Waals surface area contributed by atoms with E-state index in [1.165, 1.54) is 0 Å². The van der Waals surface area contributed by atoms with E-state index in [4.69, 9.17) is 0 Å². The molecule has 0 aliphatic rings. The van der Waals surface area contributed by atoms with Crippen LogP contribution in [0.2, 0.25) is 0 Å². The first-order chi connectivity index (χ1) is 24.5. The third-order valence-corrected chi connectivity index (χ3v) is 9.40. The van der Waals surface area contributed by atoms with Crippen LogP contribution in [0, 0.1) is 11.8 Å². The summed E-state index contributed by atoms with van der Waals surface area (Å²) in [5, 5.41) is 24.9. The van der Waals surface area contributed by atoms with Crippen LogP contribution in [0.25, 0.3) is 10.8 Å². The number of unbranched alkanes of at least 4 members (excludes halogenated alkanes) is 1. The smallest absolute Gasteiger partial charge is 0.243 e. The molecule has 9 heteroatoms. The maximum atomic E-state index is 14.1. The average molecular weight is 701 g/mol. The topological polar surface area (TPSA) is 137 Å². The fourth-order valence-corrected chi connectivity index (χ4v) is 6.15. The Morgan fingerprint density at radius 1 is 0.745 bits per heavy atom. The monoisotopic (exact) mass is 700 g/mol. The molecule has 3 aromatic rings. The molecule has 0 fully saturated rings. The summed E-state index contributed by atoms with van der Waals surface area (Å²) in [6, 6.07) is 21.3. The molecule has 0 saturated heterocycles. The summed E-state index contributed by atoms with van der Waals surface area (Å²) in [7, 11) is 0. The quantitative estimate of drug-likeness (QED) is 0.0875. The van der Waals surface area contributed by atoms with Gasteiger partial charge in [-0.1, -0.05) is 127 Å². The summed E-state index contributed by atoms with van der Waals surface area (Å²) < 4.78 is 0. The lowest BCUT2D eigenvalue weighted by Crippen LogP contribution is -2.57. The highest BCUT2D eigenvalue weighted by Gasteiger charge is 2.31. The third-order valence-electron chi connectivity index (χ3n) is 9.40. The molecular weight excluding hydrogens is 640 g/mol. The predicted molar refractivity (Wildman–Crippen MR) is 205 cm³/mol. The van der Waals surface area contributed by atoms with Crippen LogP contribution in [-0.2, 0) is 32.0 Å². The zero-order valence-corrected chi connectivity index (χ0v) is 31.3. The van der Waals surface area contributed by atoms with Crippen molar-refractivity contribution in [3.05, 3.63) is 83.9 Å². The molecule has 4 amide bonds. The number of carbonyl (C=O) groups excluding carboxylic acids is 4. The molecule has 0 spiro atoms. The van der Waals surface area contributed by atoms with E-state index in [1.54, 1.807) is 0 Å². The van der Waals surface area contributed by atoms with E-state index in [0.29, 0.717) is 38.1 Å². The molecule has 0 aliphatic carbocycles.